The molecular weight excluding hydrogens is 464 g/mol. The van der Waals surface area contributed by atoms with E-state index >= 15 is 0 Å². The monoisotopic (exact) mass is 496 g/mol. The highest BCUT2D eigenvalue weighted by atomic mass is 16.5. The van der Waals surface area contributed by atoms with Crippen molar-refractivity contribution in [2.24, 2.45) is 0 Å². The van der Waals surface area contributed by atoms with Crippen LogP contribution in [-0.2, 0) is 24.4 Å². The summed E-state index contributed by atoms with van der Waals surface area (Å²) in [4.78, 5) is 27.6. The summed E-state index contributed by atoms with van der Waals surface area (Å²) in [6.07, 6.45) is 7.44. The number of hydrogen-bond acceptors (Lipinski definition) is 4. The van der Waals surface area contributed by atoms with E-state index in [1.165, 1.54) is 12.4 Å². The van der Waals surface area contributed by atoms with E-state index in [0.29, 0.717) is 38.3 Å². The second-order valence-corrected chi connectivity index (χ2v) is 9.49. The first-order chi connectivity index (χ1) is 18.1. The van der Waals surface area contributed by atoms with Crippen LogP contribution >= 0.6 is 0 Å². The zero-order chi connectivity index (χ0) is 25.8. The lowest BCUT2D eigenvalue weighted by molar-refractivity contribution is -0.132. The van der Waals surface area contributed by atoms with Crippen LogP contribution in [0.15, 0.2) is 71.7 Å². The maximum Gasteiger partial charge on any atom is 0.258 e. The molecule has 4 aromatic rings. The van der Waals surface area contributed by atoms with Crippen molar-refractivity contribution < 1.29 is 9.53 Å². The first kappa shape index (κ1) is 24.6. The van der Waals surface area contributed by atoms with Gasteiger partial charge < -0.3 is 14.2 Å². The highest BCUT2D eigenvalue weighted by Gasteiger charge is 2.26. The summed E-state index contributed by atoms with van der Waals surface area (Å²) < 4.78 is 9.27. The first-order valence-corrected chi connectivity index (χ1v) is 12.9. The van der Waals surface area contributed by atoms with Crippen LogP contribution in [-0.4, -0.2) is 32.8 Å². The Bertz CT molecular complexity index is 1490. The van der Waals surface area contributed by atoms with Gasteiger partial charge in [-0.15, -0.1) is 0 Å². The predicted molar refractivity (Wildman–Crippen MR) is 146 cm³/mol. The Balaban J connectivity index is 1.40. The average molecular weight is 497 g/mol. The molecule has 0 saturated carbocycles. The molecule has 1 aliphatic heterocycles. The summed E-state index contributed by atoms with van der Waals surface area (Å²) in [6, 6.07) is 19.0. The van der Waals surface area contributed by atoms with Crippen molar-refractivity contribution in [3.63, 3.8) is 0 Å². The lowest BCUT2D eigenvalue weighted by atomic mass is 10.0. The number of aromatic nitrogens is 2. The van der Waals surface area contributed by atoms with Crippen LogP contribution < -0.4 is 10.3 Å². The van der Waals surface area contributed by atoms with Gasteiger partial charge in [-0.1, -0.05) is 56.2 Å². The second kappa shape index (κ2) is 10.9. The number of carbonyl (C=O) groups is 1. The Hall–Kier alpha value is -4.13. The van der Waals surface area contributed by atoms with Crippen molar-refractivity contribution in [1.82, 2.24) is 14.0 Å². The average Bonchev–Trinajstić information content (AvgIpc) is 3.24. The Morgan fingerprint density at radius 1 is 1.08 bits per heavy atom. The van der Waals surface area contributed by atoms with Crippen LogP contribution in [0, 0.1) is 5.41 Å². The number of carbonyl (C=O) groups excluding carboxylic acids is 1. The summed E-state index contributed by atoms with van der Waals surface area (Å²) in [5, 5.41) is 9.08. The van der Waals surface area contributed by atoms with E-state index in [4.69, 9.17) is 10.1 Å². The number of unbranched alkanes of at least 4 members (excludes halogenated alkanes) is 2. The Labute approximate surface area is 216 Å². The van der Waals surface area contributed by atoms with Gasteiger partial charge in [-0.3, -0.25) is 19.6 Å². The van der Waals surface area contributed by atoms with Crippen molar-refractivity contribution in [2.75, 3.05) is 6.54 Å². The highest BCUT2D eigenvalue weighted by molar-refractivity contribution is 5.92. The van der Waals surface area contributed by atoms with Gasteiger partial charge in [0.1, 0.15) is 12.4 Å². The predicted octanol–water partition coefficient (Wildman–Crippen LogP) is 5.29. The van der Waals surface area contributed by atoms with Gasteiger partial charge in [-0.05, 0) is 30.2 Å². The third kappa shape index (κ3) is 5.07. The molecule has 0 aliphatic carbocycles. The van der Waals surface area contributed by atoms with Crippen LogP contribution in [0.2, 0.25) is 0 Å². The van der Waals surface area contributed by atoms with E-state index in [0.717, 1.165) is 52.7 Å². The molecule has 5 rings (SSSR count). The minimum Gasteiger partial charge on any atom is -0.489 e. The summed E-state index contributed by atoms with van der Waals surface area (Å²) in [5.74, 6) is 0.723. The number of rotatable bonds is 9. The summed E-state index contributed by atoms with van der Waals surface area (Å²) in [5.41, 5.74) is 4.60. The molecule has 7 heteroatoms. The normalized spacial score (nSPS) is 12.9. The fourth-order valence-electron chi connectivity index (χ4n) is 5.08. The van der Waals surface area contributed by atoms with Gasteiger partial charge in [0, 0.05) is 54.8 Å². The van der Waals surface area contributed by atoms with E-state index in [9.17, 15) is 9.59 Å². The first-order valence-electron chi connectivity index (χ1n) is 12.9. The Morgan fingerprint density at radius 3 is 2.68 bits per heavy atom. The lowest BCUT2D eigenvalue weighted by Crippen LogP contribution is -2.36. The molecule has 190 valence electrons. The van der Waals surface area contributed by atoms with Gasteiger partial charge in [0.25, 0.3) is 5.56 Å². The smallest absolute Gasteiger partial charge is 0.258 e. The van der Waals surface area contributed by atoms with Gasteiger partial charge in [0.2, 0.25) is 5.91 Å². The van der Waals surface area contributed by atoms with E-state index in [1.54, 1.807) is 16.8 Å². The molecule has 2 aromatic carbocycles. The van der Waals surface area contributed by atoms with Gasteiger partial charge in [-0.25, -0.2) is 0 Å². The zero-order valence-corrected chi connectivity index (χ0v) is 21.2. The molecule has 7 nitrogen and oxygen atoms in total. The molecule has 0 atom stereocenters. The fourth-order valence-corrected chi connectivity index (χ4v) is 5.08. The second-order valence-electron chi connectivity index (χ2n) is 9.49. The largest absolute Gasteiger partial charge is 0.489 e. The number of hydrogen-bond donors (Lipinski definition) is 1. The van der Waals surface area contributed by atoms with E-state index in [-0.39, 0.29) is 11.5 Å². The van der Waals surface area contributed by atoms with Crippen molar-refractivity contribution in [3.8, 4) is 11.4 Å². The molecule has 1 amide bonds. The zero-order valence-electron chi connectivity index (χ0n) is 21.2. The van der Waals surface area contributed by atoms with E-state index < -0.39 is 0 Å². The standard InChI is InChI=1S/C30H32N4O3/c1-2-3-5-10-29(35)32-15-14-27-26(19-32)25-12-11-23(17-28(25)34(27)21-31)33-16-13-24(18-30(33)36)37-20-22-8-6-4-7-9-22/h4,6-9,11-13,16-18,21,31H,2-3,5,10,14-15,19-20H2,1H3. The van der Waals surface area contributed by atoms with Crippen molar-refractivity contribution in [3.05, 3.63) is 94.0 Å². The molecule has 1 N–H and O–H groups in total. The number of nitrogens with one attached hydrogen (secondary N) is 1. The highest BCUT2D eigenvalue weighted by Crippen LogP contribution is 2.32. The van der Waals surface area contributed by atoms with Crippen LogP contribution in [0.3, 0.4) is 0 Å². The molecule has 37 heavy (non-hydrogen) atoms. The minimum atomic E-state index is -0.188. The van der Waals surface area contributed by atoms with Crippen molar-refractivity contribution >= 4 is 23.1 Å². The quantitative estimate of drug-likeness (QED) is 0.194. The van der Waals surface area contributed by atoms with Gasteiger partial charge in [0.05, 0.1) is 17.5 Å². The molecule has 0 radical (unpaired) electrons. The summed E-state index contributed by atoms with van der Waals surface area (Å²) in [6.45, 7) is 3.76. The summed E-state index contributed by atoms with van der Waals surface area (Å²) in [7, 11) is 0. The lowest BCUT2D eigenvalue weighted by Gasteiger charge is -2.28. The number of benzene rings is 2. The molecule has 0 unspecified atom stereocenters. The third-order valence-electron chi connectivity index (χ3n) is 7.07. The maximum absolute atomic E-state index is 12.9. The molecular formula is C30H32N4O3. The molecule has 0 saturated heterocycles. The molecule has 0 fully saturated rings. The minimum absolute atomic E-state index is 0.188. The van der Waals surface area contributed by atoms with Crippen LogP contribution in [0.5, 0.6) is 5.75 Å². The van der Waals surface area contributed by atoms with Crippen LogP contribution in [0.4, 0.5) is 0 Å². The SMILES string of the molecule is CCCCCC(=O)N1CCc2c(c3ccc(-n4ccc(OCc5ccccc5)cc4=O)cc3n2C=N)C1. The Morgan fingerprint density at radius 2 is 1.92 bits per heavy atom. The molecule has 1 aliphatic rings. The van der Waals surface area contributed by atoms with Gasteiger partial charge in [-0.2, -0.15) is 0 Å². The van der Waals surface area contributed by atoms with Crippen LogP contribution in [0.1, 0.15) is 49.4 Å². The number of ether oxygens (including phenoxy) is 1. The van der Waals surface area contributed by atoms with Gasteiger partial charge >= 0.3 is 0 Å². The maximum atomic E-state index is 12.9. The Kier molecular flexibility index (Phi) is 7.21. The molecule has 0 spiro atoms. The number of fused-ring (bicyclic) bond motifs is 3. The topological polar surface area (TPSA) is 80.3 Å². The third-order valence-corrected chi connectivity index (χ3v) is 7.07. The molecule has 0 bridgehead atoms. The van der Waals surface area contributed by atoms with Gasteiger partial charge in [0.15, 0.2) is 0 Å². The molecule has 2 aromatic heterocycles. The molecule has 3 heterocycles. The van der Waals surface area contributed by atoms with Crippen molar-refractivity contribution in [1.29, 1.82) is 5.41 Å². The van der Waals surface area contributed by atoms with Crippen molar-refractivity contribution in [2.45, 2.75) is 52.2 Å². The number of amides is 1. The number of nitrogens with zero attached hydrogens (tertiary/aromatic N) is 3. The summed E-state index contributed by atoms with van der Waals surface area (Å²) >= 11 is 0. The van der Waals surface area contributed by atoms with E-state index in [2.05, 4.69) is 6.92 Å². The van der Waals surface area contributed by atoms with Crippen LogP contribution in [0.25, 0.3) is 16.6 Å². The van der Waals surface area contributed by atoms with E-state index in [1.807, 2.05) is 58.0 Å². The fraction of sp³-hybridized carbons (Fsp3) is 0.300. The number of pyridine rings is 1.